The molecule has 12 heavy (non-hydrogen) atoms. The van der Waals surface area contributed by atoms with Crippen LogP contribution in [0, 0.1) is 5.92 Å². The second-order valence-corrected chi connectivity index (χ2v) is 6.50. The Balaban J connectivity index is 2.26. The Hall–Kier alpha value is 0.190. The molecule has 0 aromatic rings. The lowest BCUT2D eigenvalue weighted by Gasteiger charge is -2.11. The minimum absolute atomic E-state index is 0.609. The molecule has 1 fully saturated rings. The molecular formula is C9H19O2P. The molecule has 0 amide bonds. The SMILES string of the molecule is CCCCO[P@@]1(=O)CC[C@H](C)C1. The molecule has 2 nitrogen and oxygen atoms in total. The van der Waals surface area contributed by atoms with E-state index >= 15 is 0 Å². The van der Waals surface area contributed by atoms with Gasteiger partial charge in [-0.05, 0) is 18.8 Å². The van der Waals surface area contributed by atoms with Crippen LogP contribution in [-0.2, 0) is 9.09 Å². The van der Waals surface area contributed by atoms with Crippen molar-refractivity contribution in [2.75, 3.05) is 18.9 Å². The Morgan fingerprint density at radius 1 is 1.58 bits per heavy atom. The van der Waals surface area contributed by atoms with E-state index in [9.17, 15) is 4.57 Å². The molecule has 1 heterocycles. The quantitative estimate of drug-likeness (QED) is 0.503. The molecule has 0 N–H and O–H groups in total. The third-order valence-electron chi connectivity index (χ3n) is 2.38. The first kappa shape index (κ1) is 10.3. The largest absolute Gasteiger partial charge is 0.328 e. The molecule has 2 atom stereocenters. The van der Waals surface area contributed by atoms with Crippen LogP contribution in [0.4, 0.5) is 0 Å². The molecule has 72 valence electrons. The van der Waals surface area contributed by atoms with Crippen LogP contribution in [0.25, 0.3) is 0 Å². The van der Waals surface area contributed by atoms with E-state index in [-0.39, 0.29) is 0 Å². The van der Waals surface area contributed by atoms with E-state index < -0.39 is 7.37 Å². The van der Waals surface area contributed by atoms with Crippen LogP contribution < -0.4 is 0 Å². The Morgan fingerprint density at radius 2 is 2.33 bits per heavy atom. The highest BCUT2D eigenvalue weighted by Gasteiger charge is 2.32. The van der Waals surface area contributed by atoms with Gasteiger partial charge < -0.3 is 4.52 Å². The molecule has 0 bridgehead atoms. The zero-order valence-electron chi connectivity index (χ0n) is 8.08. The van der Waals surface area contributed by atoms with Gasteiger partial charge in [0.25, 0.3) is 0 Å². The number of hydrogen-bond donors (Lipinski definition) is 0. The molecule has 1 saturated heterocycles. The van der Waals surface area contributed by atoms with Gasteiger partial charge in [0.1, 0.15) is 0 Å². The zero-order valence-corrected chi connectivity index (χ0v) is 8.98. The van der Waals surface area contributed by atoms with Gasteiger partial charge >= 0.3 is 0 Å². The van der Waals surface area contributed by atoms with Crippen molar-refractivity contribution in [3.63, 3.8) is 0 Å². The van der Waals surface area contributed by atoms with Crippen LogP contribution in [0.5, 0.6) is 0 Å². The third kappa shape index (κ3) is 2.91. The van der Waals surface area contributed by atoms with Crippen LogP contribution in [0.1, 0.15) is 33.1 Å². The van der Waals surface area contributed by atoms with Crippen molar-refractivity contribution >= 4 is 7.37 Å². The van der Waals surface area contributed by atoms with Crippen molar-refractivity contribution in [3.05, 3.63) is 0 Å². The van der Waals surface area contributed by atoms with E-state index in [1.165, 1.54) is 0 Å². The van der Waals surface area contributed by atoms with Crippen LogP contribution in [-0.4, -0.2) is 18.9 Å². The van der Waals surface area contributed by atoms with E-state index in [1.807, 2.05) is 0 Å². The predicted molar refractivity (Wildman–Crippen MR) is 52.0 cm³/mol. The maximum atomic E-state index is 11.9. The van der Waals surface area contributed by atoms with Gasteiger partial charge in [-0.15, -0.1) is 0 Å². The lowest BCUT2D eigenvalue weighted by atomic mass is 10.2. The van der Waals surface area contributed by atoms with Crippen molar-refractivity contribution < 1.29 is 9.09 Å². The number of unbranched alkanes of at least 4 members (excludes halogenated alkanes) is 1. The van der Waals surface area contributed by atoms with Crippen molar-refractivity contribution in [1.29, 1.82) is 0 Å². The van der Waals surface area contributed by atoms with Gasteiger partial charge in [0, 0.05) is 12.3 Å². The average molecular weight is 190 g/mol. The Bertz CT molecular complexity index is 179. The Kier molecular flexibility index (Phi) is 3.79. The Labute approximate surface area is 75.1 Å². The second-order valence-electron chi connectivity index (χ2n) is 3.80. The smallest absolute Gasteiger partial charge is 0.203 e. The highest BCUT2D eigenvalue weighted by atomic mass is 31.2. The first-order valence-corrected chi connectivity index (χ1v) is 6.88. The first-order valence-electron chi connectivity index (χ1n) is 4.89. The first-order chi connectivity index (χ1) is 5.66. The van der Waals surface area contributed by atoms with Gasteiger partial charge in [0.2, 0.25) is 7.37 Å². The fourth-order valence-corrected chi connectivity index (χ4v) is 4.41. The summed E-state index contributed by atoms with van der Waals surface area (Å²) in [5, 5.41) is 0. The normalized spacial score (nSPS) is 35.7. The molecule has 0 radical (unpaired) electrons. The summed E-state index contributed by atoms with van der Waals surface area (Å²) in [5.74, 6) is 0.609. The fraction of sp³-hybridized carbons (Fsp3) is 1.00. The maximum Gasteiger partial charge on any atom is 0.203 e. The average Bonchev–Trinajstić information content (AvgIpc) is 2.32. The minimum atomic E-state index is -2.16. The summed E-state index contributed by atoms with van der Waals surface area (Å²) in [5.41, 5.74) is 0. The Morgan fingerprint density at radius 3 is 2.83 bits per heavy atom. The standard InChI is InChI=1S/C9H19O2P/c1-3-4-6-11-12(10)7-5-9(2)8-12/h9H,3-8H2,1-2H3/t9-,12-/m0/s1. The van der Waals surface area contributed by atoms with E-state index in [1.54, 1.807) is 0 Å². The van der Waals surface area contributed by atoms with Gasteiger partial charge in [-0.25, -0.2) is 0 Å². The van der Waals surface area contributed by atoms with Crippen LogP contribution >= 0.6 is 7.37 Å². The van der Waals surface area contributed by atoms with Crippen LogP contribution in [0.15, 0.2) is 0 Å². The van der Waals surface area contributed by atoms with Crippen molar-refractivity contribution in [2.24, 2.45) is 5.92 Å². The molecule has 0 unspecified atom stereocenters. The molecule has 0 saturated carbocycles. The van der Waals surface area contributed by atoms with Gasteiger partial charge in [0.05, 0.1) is 6.61 Å². The lowest BCUT2D eigenvalue weighted by molar-refractivity contribution is 0.309. The molecule has 1 rings (SSSR count). The summed E-state index contributed by atoms with van der Waals surface area (Å²) in [6.45, 7) is 4.97. The van der Waals surface area contributed by atoms with Crippen molar-refractivity contribution in [3.8, 4) is 0 Å². The second kappa shape index (κ2) is 4.43. The molecule has 0 spiro atoms. The molecule has 0 aromatic heterocycles. The predicted octanol–water partition coefficient (Wildman–Crippen LogP) is 3.12. The molecular weight excluding hydrogens is 171 g/mol. The fourth-order valence-electron chi connectivity index (χ4n) is 1.57. The molecule has 0 aromatic carbocycles. The lowest BCUT2D eigenvalue weighted by Crippen LogP contribution is -1.96. The summed E-state index contributed by atoms with van der Waals surface area (Å²) in [7, 11) is -2.16. The van der Waals surface area contributed by atoms with E-state index in [0.29, 0.717) is 12.5 Å². The summed E-state index contributed by atoms with van der Waals surface area (Å²) >= 11 is 0. The minimum Gasteiger partial charge on any atom is -0.328 e. The van der Waals surface area contributed by atoms with Crippen molar-refractivity contribution in [1.82, 2.24) is 0 Å². The summed E-state index contributed by atoms with van der Waals surface area (Å²) in [6.07, 6.45) is 4.88. The van der Waals surface area contributed by atoms with Gasteiger partial charge in [-0.2, -0.15) is 0 Å². The van der Waals surface area contributed by atoms with Gasteiger partial charge in [0.15, 0.2) is 0 Å². The van der Waals surface area contributed by atoms with E-state index in [2.05, 4.69) is 13.8 Å². The van der Waals surface area contributed by atoms with Gasteiger partial charge in [-0.1, -0.05) is 20.3 Å². The third-order valence-corrected chi connectivity index (χ3v) is 5.15. The number of hydrogen-bond acceptors (Lipinski definition) is 2. The van der Waals surface area contributed by atoms with Gasteiger partial charge in [-0.3, -0.25) is 4.57 Å². The molecule has 1 aliphatic heterocycles. The van der Waals surface area contributed by atoms with Crippen molar-refractivity contribution in [2.45, 2.75) is 33.1 Å². The van der Waals surface area contributed by atoms with E-state index in [0.717, 1.165) is 31.6 Å². The maximum absolute atomic E-state index is 11.9. The molecule has 1 aliphatic rings. The topological polar surface area (TPSA) is 26.3 Å². The summed E-state index contributed by atoms with van der Waals surface area (Å²) in [4.78, 5) is 0. The monoisotopic (exact) mass is 190 g/mol. The summed E-state index contributed by atoms with van der Waals surface area (Å²) < 4.78 is 17.3. The number of rotatable bonds is 4. The van der Waals surface area contributed by atoms with Crippen LogP contribution in [0.2, 0.25) is 0 Å². The summed E-state index contributed by atoms with van der Waals surface area (Å²) in [6, 6.07) is 0. The molecule has 0 aliphatic carbocycles. The van der Waals surface area contributed by atoms with E-state index in [4.69, 9.17) is 4.52 Å². The zero-order chi connectivity index (χ0) is 9.03. The highest BCUT2D eigenvalue weighted by molar-refractivity contribution is 7.59. The molecule has 3 heteroatoms. The van der Waals surface area contributed by atoms with Crippen LogP contribution in [0.3, 0.4) is 0 Å². The highest BCUT2D eigenvalue weighted by Crippen LogP contribution is 2.54.